The van der Waals surface area contributed by atoms with Crippen LogP contribution < -0.4 is 0 Å². The average Bonchev–Trinajstić information content (AvgIpc) is 2.47. The summed E-state index contributed by atoms with van der Waals surface area (Å²) in [5.41, 5.74) is 0. The predicted octanol–water partition coefficient (Wildman–Crippen LogP) is 1.45. The lowest BCUT2D eigenvalue weighted by Gasteiger charge is -2.11. The lowest BCUT2D eigenvalue weighted by Crippen LogP contribution is -2.26. The van der Waals surface area contributed by atoms with Gasteiger partial charge in [0.2, 0.25) is 0 Å². The third-order valence-electron chi connectivity index (χ3n) is 2.33. The van der Waals surface area contributed by atoms with Gasteiger partial charge in [-0.1, -0.05) is 18.2 Å². The first-order valence-corrected chi connectivity index (χ1v) is 5.67. The molecule has 0 spiro atoms. The monoisotopic (exact) mass is 224 g/mol. The Morgan fingerprint density at radius 2 is 2.00 bits per heavy atom. The first kappa shape index (κ1) is 10.5. The molecule has 3 nitrogen and oxygen atoms in total. The van der Waals surface area contributed by atoms with E-state index in [0.29, 0.717) is 0 Å². The number of cyclic esters (lactones) is 1. The van der Waals surface area contributed by atoms with E-state index in [1.807, 2.05) is 30.3 Å². The van der Waals surface area contributed by atoms with Gasteiger partial charge in [-0.05, 0) is 19.1 Å². The van der Waals surface area contributed by atoms with Gasteiger partial charge < -0.3 is 9.84 Å². The molecule has 80 valence electrons. The van der Waals surface area contributed by atoms with Gasteiger partial charge in [0.1, 0.15) is 17.5 Å². The SMILES string of the molecule is C[C@@H]1OC(=O)[C@@H](Sc2ccccc2)[C@H]1O. The highest BCUT2D eigenvalue weighted by atomic mass is 32.2. The van der Waals surface area contributed by atoms with E-state index in [1.54, 1.807) is 6.92 Å². The molecule has 0 unspecified atom stereocenters. The topological polar surface area (TPSA) is 46.5 Å². The maximum atomic E-state index is 11.4. The largest absolute Gasteiger partial charge is 0.459 e. The fourth-order valence-corrected chi connectivity index (χ4v) is 2.59. The summed E-state index contributed by atoms with van der Waals surface area (Å²) in [6.45, 7) is 1.70. The van der Waals surface area contributed by atoms with Gasteiger partial charge in [0, 0.05) is 4.90 Å². The molecule has 1 aliphatic rings. The van der Waals surface area contributed by atoms with E-state index in [9.17, 15) is 9.90 Å². The third-order valence-corrected chi connectivity index (χ3v) is 3.60. The minimum absolute atomic E-state index is 0.330. The van der Waals surface area contributed by atoms with Crippen molar-refractivity contribution in [2.24, 2.45) is 0 Å². The highest BCUT2D eigenvalue weighted by Gasteiger charge is 2.41. The second-order valence-electron chi connectivity index (χ2n) is 3.48. The van der Waals surface area contributed by atoms with Crippen LogP contribution in [-0.2, 0) is 9.53 Å². The molecule has 0 radical (unpaired) electrons. The van der Waals surface area contributed by atoms with Crippen molar-refractivity contribution >= 4 is 17.7 Å². The Balaban J connectivity index is 2.09. The number of hydrogen-bond acceptors (Lipinski definition) is 4. The molecule has 0 aromatic heterocycles. The normalized spacial score (nSPS) is 30.3. The predicted molar refractivity (Wildman–Crippen MR) is 57.6 cm³/mol. The molecule has 1 aromatic carbocycles. The second-order valence-corrected chi connectivity index (χ2v) is 4.70. The third kappa shape index (κ3) is 2.16. The van der Waals surface area contributed by atoms with Crippen LogP contribution in [0.25, 0.3) is 0 Å². The van der Waals surface area contributed by atoms with E-state index < -0.39 is 17.5 Å². The number of aliphatic hydroxyl groups excluding tert-OH is 1. The maximum absolute atomic E-state index is 11.4. The van der Waals surface area contributed by atoms with Gasteiger partial charge in [0.05, 0.1) is 0 Å². The van der Waals surface area contributed by atoms with Crippen molar-refractivity contribution in [2.75, 3.05) is 0 Å². The Kier molecular flexibility index (Phi) is 2.98. The van der Waals surface area contributed by atoms with E-state index in [0.717, 1.165) is 4.90 Å². The maximum Gasteiger partial charge on any atom is 0.322 e. The van der Waals surface area contributed by atoms with Crippen LogP contribution in [0.1, 0.15) is 6.92 Å². The molecule has 0 amide bonds. The van der Waals surface area contributed by atoms with E-state index in [2.05, 4.69) is 0 Å². The number of thioether (sulfide) groups is 1. The van der Waals surface area contributed by atoms with Gasteiger partial charge in [0.15, 0.2) is 0 Å². The molecule has 2 rings (SSSR count). The summed E-state index contributed by atoms with van der Waals surface area (Å²) in [5.74, 6) is -0.330. The fraction of sp³-hybridized carbons (Fsp3) is 0.364. The van der Waals surface area contributed by atoms with E-state index in [4.69, 9.17) is 4.74 Å². The number of carbonyl (C=O) groups is 1. The Bertz CT molecular complexity index is 352. The van der Waals surface area contributed by atoms with Gasteiger partial charge in [0.25, 0.3) is 0 Å². The standard InChI is InChI=1S/C11H12O3S/c1-7-9(12)10(11(13)14-7)15-8-5-3-2-4-6-8/h2-7,9-10,12H,1H3/t7-,9-,10-/m0/s1. The number of hydrogen-bond donors (Lipinski definition) is 1. The van der Waals surface area contributed by atoms with Crippen molar-refractivity contribution in [1.29, 1.82) is 0 Å². The Hall–Kier alpha value is -1.00. The van der Waals surface area contributed by atoms with Gasteiger partial charge in [-0.25, -0.2) is 0 Å². The molecule has 1 aliphatic heterocycles. The number of aliphatic hydroxyl groups is 1. The molecular weight excluding hydrogens is 212 g/mol. The first-order chi connectivity index (χ1) is 7.18. The highest BCUT2D eigenvalue weighted by Crippen LogP contribution is 2.32. The van der Waals surface area contributed by atoms with Crippen LogP contribution in [0.3, 0.4) is 0 Å². The molecule has 1 fully saturated rings. The Morgan fingerprint density at radius 1 is 1.33 bits per heavy atom. The molecule has 1 aromatic rings. The molecule has 1 heterocycles. The van der Waals surface area contributed by atoms with Crippen molar-refractivity contribution in [1.82, 2.24) is 0 Å². The number of rotatable bonds is 2. The smallest absolute Gasteiger partial charge is 0.322 e. The summed E-state index contributed by atoms with van der Waals surface area (Å²) < 4.78 is 4.95. The van der Waals surface area contributed by atoms with Crippen LogP contribution in [0.5, 0.6) is 0 Å². The Labute approximate surface area is 92.4 Å². The van der Waals surface area contributed by atoms with Crippen molar-refractivity contribution < 1.29 is 14.6 Å². The Morgan fingerprint density at radius 3 is 2.53 bits per heavy atom. The van der Waals surface area contributed by atoms with Crippen molar-refractivity contribution in [3.63, 3.8) is 0 Å². The quantitative estimate of drug-likeness (QED) is 0.772. The van der Waals surface area contributed by atoms with Gasteiger partial charge in [-0.2, -0.15) is 0 Å². The fourth-order valence-electron chi connectivity index (χ4n) is 1.47. The van der Waals surface area contributed by atoms with Crippen molar-refractivity contribution in [3.8, 4) is 0 Å². The van der Waals surface area contributed by atoms with Gasteiger partial charge >= 0.3 is 5.97 Å². The zero-order chi connectivity index (χ0) is 10.8. The van der Waals surface area contributed by atoms with E-state index in [1.165, 1.54) is 11.8 Å². The summed E-state index contributed by atoms with van der Waals surface area (Å²) in [4.78, 5) is 12.4. The van der Waals surface area contributed by atoms with Crippen molar-refractivity contribution in [3.05, 3.63) is 30.3 Å². The molecule has 0 aliphatic carbocycles. The number of esters is 1. The molecule has 0 saturated carbocycles. The number of benzene rings is 1. The van der Waals surface area contributed by atoms with Crippen LogP contribution in [-0.4, -0.2) is 28.5 Å². The highest BCUT2D eigenvalue weighted by molar-refractivity contribution is 8.00. The molecule has 1 N–H and O–H groups in total. The number of carbonyl (C=O) groups excluding carboxylic acids is 1. The summed E-state index contributed by atoms with van der Waals surface area (Å²) in [7, 11) is 0. The van der Waals surface area contributed by atoms with Crippen LogP contribution >= 0.6 is 11.8 Å². The molecular formula is C11H12O3S. The zero-order valence-corrected chi connectivity index (χ0v) is 9.11. The van der Waals surface area contributed by atoms with Crippen LogP contribution in [0.15, 0.2) is 35.2 Å². The molecule has 15 heavy (non-hydrogen) atoms. The zero-order valence-electron chi connectivity index (χ0n) is 8.29. The summed E-state index contributed by atoms with van der Waals surface area (Å²) in [6, 6.07) is 9.54. The molecule has 1 saturated heterocycles. The lowest BCUT2D eigenvalue weighted by molar-refractivity contribution is -0.140. The number of ether oxygens (including phenoxy) is 1. The summed E-state index contributed by atoms with van der Waals surface area (Å²) in [6.07, 6.45) is -1.12. The second kappa shape index (κ2) is 4.24. The van der Waals surface area contributed by atoms with E-state index >= 15 is 0 Å². The lowest BCUT2D eigenvalue weighted by atomic mass is 10.2. The van der Waals surface area contributed by atoms with Gasteiger partial charge in [-0.15, -0.1) is 11.8 Å². The summed E-state index contributed by atoms with van der Waals surface area (Å²) in [5, 5.41) is 9.22. The van der Waals surface area contributed by atoms with Gasteiger partial charge in [-0.3, -0.25) is 4.79 Å². The minimum atomic E-state index is -0.720. The first-order valence-electron chi connectivity index (χ1n) is 4.79. The minimum Gasteiger partial charge on any atom is -0.459 e. The van der Waals surface area contributed by atoms with Crippen molar-refractivity contribution in [2.45, 2.75) is 29.3 Å². The van der Waals surface area contributed by atoms with E-state index in [-0.39, 0.29) is 5.97 Å². The average molecular weight is 224 g/mol. The molecule has 3 atom stereocenters. The molecule has 4 heteroatoms. The van der Waals surface area contributed by atoms with Crippen LogP contribution in [0.4, 0.5) is 0 Å². The van der Waals surface area contributed by atoms with Crippen LogP contribution in [0, 0.1) is 0 Å². The summed E-state index contributed by atoms with van der Waals surface area (Å²) >= 11 is 1.35. The van der Waals surface area contributed by atoms with Crippen LogP contribution in [0.2, 0.25) is 0 Å². The molecule has 0 bridgehead atoms.